The average molecular weight is 154 g/mol. The highest BCUT2D eigenvalue weighted by Crippen LogP contribution is 2.33. The average Bonchev–Trinajstić information content (AvgIpc) is 2.36. The highest BCUT2D eigenvalue weighted by atomic mass is 32.1. The first-order valence-electron chi connectivity index (χ1n) is 3.40. The number of thiophene rings is 1. The summed E-state index contributed by atoms with van der Waals surface area (Å²) in [6.45, 7) is 2.19. The van der Waals surface area contributed by atoms with Crippen LogP contribution in [0.4, 0.5) is 10.7 Å². The first kappa shape index (κ1) is 6.04. The molecule has 54 valence electrons. The normalized spacial score (nSPS) is 16.3. The molecule has 1 aromatic heterocycles. The third kappa shape index (κ3) is 0.778. The molecule has 3 heteroatoms. The minimum absolute atomic E-state index is 1.07. The van der Waals surface area contributed by atoms with E-state index in [0.29, 0.717) is 0 Å². The fourth-order valence-corrected chi connectivity index (χ4v) is 2.06. The van der Waals surface area contributed by atoms with Gasteiger partial charge in [-0.2, -0.15) is 0 Å². The fraction of sp³-hybridized carbons (Fsp3) is 0.429. The van der Waals surface area contributed by atoms with Crippen molar-refractivity contribution in [2.45, 2.75) is 0 Å². The summed E-state index contributed by atoms with van der Waals surface area (Å²) in [6, 6.07) is 2.13. The largest absolute Gasteiger partial charge is 0.381 e. The molecule has 2 heterocycles. The highest BCUT2D eigenvalue weighted by molar-refractivity contribution is 7.14. The summed E-state index contributed by atoms with van der Waals surface area (Å²) in [5, 5.41) is 6.83. The molecule has 0 atom stereocenters. The molecule has 1 aromatic rings. The molecule has 0 aromatic carbocycles. The molecule has 2 rings (SSSR count). The molecule has 2 nitrogen and oxygen atoms in total. The van der Waals surface area contributed by atoms with Crippen molar-refractivity contribution in [2.24, 2.45) is 0 Å². The van der Waals surface area contributed by atoms with E-state index in [1.54, 1.807) is 11.3 Å². The molecule has 0 saturated heterocycles. The van der Waals surface area contributed by atoms with Crippen molar-refractivity contribution in [3.63, 3.8) is 0 Å². The van der Waals surface area contributed by atoms with Gasteiger partial charge >= 0.3 is 0 Å². The van der Waals surface area contributed by atoms with Crippen LogP contribution in [0.15, 0.2) is 11.4 Å². The van der Waals surface area contributed by atoms with Crippen LogP contribution < -0.4 is 10.2 Å². The van der Waals surface area contributed by atoms with E-state index in [4.69, 9.17) is 0 Å². The van der Waals surface area contributed by atoms with Crippen molar-refractivity contribution in [1.82, 2.24) is 0 Å². The van der Waals surface area contributed by atoms with Crippen LogP contribution in [0.5, 0.6) is 0 Å². The number of likely N-dealkylation sites (N-methyl/N-ethyl adjacent to an activating group) is 1. The quantitative estimate of drug-likeness (QED) is 0.610. The SMILES string of the molecule is CN1CCNc2ccsc21. The van der Waals surface area contributed by atoms with Gasteiger partial charge in [-0.1, -0.05) is 0 Å². The molecule has 1 N–H and O–H groups in total. The van der Waals surface area contributed by atoms with Gasteiger partial charge in [-0.25, -0.2) is 0 Å². The number of fused-ring (bicyclic) bond motifs is 1. The highest BCUT2D eigenvalue weighted by Gasteiger charge is 2.12. The number of hydrogen-bond donors (Lipinski definition) is 1. The Labute approximate surface area is 64.5 Å². The predicted molar refractivity (Wildman–Crippen MR) is 46.1 cm³/mol. The molecule has 0 fully saturated rings. The van der Waals surface area contributed by atoms with Gasteiger partial charge in [0.2, 0.25) is 0 Å². The van der Waals surface area contributed by atoms with Crippen LogP contribution in [0.1, 0.15) is 0 Å². The van der Waals surface area contributed by atoms with Crippen LogP contribution in [-0.4, -0.2) is 20.1 Å². The number of hydrogen-bond acceptors (Lipinski definition) is 3. The van der Waals surface area contributed by atoms with E-state index >= 15 is 0 Å². The second-order valence-corrected chi connectivity index (χ2v) is 3.38. The number of nitrogens with one attached hydrogen (secondary N) is 1. The molecule has 0 saturated carbocycles. The Morgan fingerprint density at radius 3 is 3.40 bits per heavy atom. The number of nitrogens with zero attached hydrogens (tertiary/aromatic N) is 1. The molecule has 0 bridgehead atoms. The molecule has 0 aliphatic carbocycles. The van der Waals surface area contributed by atoms with Crippen LogP contribution in [0.25, 0.3) is 0 Å². The Bertz CT molecular complexity index is 231. The second kappa shape index (κ2) is 2.16. The molecule has 0 spiro atoms. The van der Waals surface area contributed by atoms with Gasteiger partial charge in [0, 0.05) is 20.1 Å². The van der Waals surface area contributed by atoms with Crippen molar-refractivity contribution >= 4 is 22.0 Å². The third-order valence-electron chi connectivity index (χ3n) is 1.75. The lowest BCUT2D eigenvalue weighted by molar-refractivity contribution is 0.899. The van der Waals surface area contributed by atoms with Crippen LogP contribution >= 0.6 is 11.3 Å². The van der Waals surface area contributed by atoms with E-state index in [1.165, 1.54) is 10.7 Å². The lowest BCUT2D eigenvalue weighted by atomic mass is 10.4. The Hall–Kier alpha value is -0.700. The summed E-state index contributed by atoms with van der Waals surface area (Å²) >= 11 is 1.80. The van der Waals surface area contributed by atoms with E-state index in [2.05, 4.69) is 28.7 Å². The summed E-state index contributed by atoms with van der Waals surface area (Å²) in [4.78, 5) is 2.29. The van der Waals surface area contributed by atoms with Crippen molar-refractivity contribution in [1.29, 1.82) is 0 Å². The lowest BCUT2D eigenvalue weighted by Crippen LogP contribution is -2.28. The Morgan fingerprint density at radius 1 is 1.70 bits per heavy atom. The molecule has 0 radical (unpaired) electrons. The second-order valence-electron chi connectivity index (χ2n) is 2.49. The third-order valence-corrected chi connectivity index (χ3v) is 2.78. The fourth-order valence-electron chi connectivity index (χ4n) is 1.19. The monoisotopic (exact) mass is 154 g/mol. The van der Waals surface area contributed by atoms with Gasteiger partial charge in [0.25, 0.3) is 0 Å². The van der Waals surface area contributed by atoms with E-state index < -0.39 is 0 Å². The van der Waals surface area contributed by atoms with Crippen LogP contribution in [0, 0.1) is 0 Å². The minimum Gasteiger partial charge on any atom is -0.381 e. The molecule has 1 aliphatic heterocycles. The topological polar surface area (TPSA) is 15.3 Å². The first-order chi connectivity index (χ1) is 4.88. The van der Waals surface area contributed by atoms with Crippen LogP contribution in [0.3, 0.4) is 0 Å². The molecular weight excluding hydrogens is 144 g/mol. The van der Waals surface area contributed by atoms with Crippen molar-refractivity contribution in [3.05, 3.63) is 11.4 Å². The van der Waals surface area contributed by atoms with Gasteiger partial charge in [0.1, 0.15) is 5.00 Å². The maximum absolute atomic E-state index is 3.34. The maximum Gasteiger partial charge on any atom is 0.114 e. The van der Waals surface area contributed by atoms with Crippen molar-refractivity contribution in [2.75, 3.05) is 30.4 Å². The molecular formula is C7H10N2S. The van der Waals surface area contributed by atoms with Crippen LogP contribution in [0.2, 0.25) is 0 Å². The van der Waals surface area contributed by atoms with Gasteiger partial charge in [-0.05, 0) is 11.4 Å². The van der Waals surface area contributed by atoms with E-state index in [9.17, 15) is 0 Å². The van der Waals surface area contributed by atoms with E-state index in [1.807, 2.05) is 0 Å². The summed E-state index contributed by atoms with van der Waals surface area (Å²) in [5.41, 5.74) is 1.29. The summed E-state index contributed by atoms with van der Waals surface area (Å²) in [7, 11) is 2.14. The summed E-state index contributed by atoms with van der Waals surface area (Å²) in [6.07, 6.45) is 0. The standard InChI is InChI=1S/C7H10N2S/c1-9-4-3-8-6-2-5-10-7(6)9/h2,5,8H,3-4H2,1H3. The zero-order valence-corrected chi connectivity index (χ0v) is 6.74. The minimum atomic E-state index is 1.07. The summed E-state index contributed by atoms with van der Waals surface area (Å²) < 4.78 is 0. The zero-order chi connectivity index (χ0) is 6.97. The molecule has 1 aliphatic rings. The predicted octanol–water partition coefficient (Wildman–Crippen LogP) is 1.61. The van der Waals surface area contributed by atoms with Gasteiger partial charge in [0.15, 0.2) is 0 Å². The van der Waals surface area contributed by atoms with Gasteiger partial charge in [0.05, 0.1) is 5.69 Å². The zero-order valence-electron chi connectivity index (χ0n) is 5.92. The van der Waals surface area contributed by atoms with Crippen molar-refractivity contribution < 1.29 is 0 Å². The van der Waals surface area contributed by atoms with E-state index in [-0.39, 0.29) is 0 Å². The first-order valence-corrected chi connectivity index (χ1v) is 4.28. The summed E-state index contributed by atoms with van der Waals surface area (Å²) in [5.74, 6) is 0. The van der Waals surface area contributed by atoms with Crippen LogP contribution in [-0.2, 0) is 0 Å². The maximum atomic E-state index is 3.34. The Kier molecular flexibility index (Phi) is 1.31. The number of rotatable bonds is 0. The molecule has 0 amide bonds. The van der Waals surface area contributed by atoms with Gasteiger partial charge in [-0.3, -0.25) is 0 Å². The Balaban J connectivity index is 2.41. The molecule has 10 heavy (non-hydrogen) atoms. The van der Waals surface area contributed by atoms with E-state index in [0.717, 1.165) is 13.1 Å². The van der Waals surface area contributed by atoms with Gasteiger partial charge in [-0.15, -0.1) is 11.3 Å². The lowest BCUT2D eigenvalue weighted by Gasteiger charge is -2.24. The smallest absolute Gasteiger partial charge is 0.114 e. The molecule has 0 unspecified atom stereocenters. The van der Waals surface area contributed by atoms with Crippen molar-refractivity contribution in [3.8, 4) is 0 Å². The van der Waals surface area contributed by atoms with Gasteiger partial charge < -0.3 is 10.2 Å². The Morgan fingerprint density at radius 2 is 2.60 bits per heavy atom. The number of anilines is 2.